The molecule has 0 spiro atoms. The molecule has 2 atom stereocenters. The lowest BCUT2D eigenvalue weighted by Crippen LogP contribution is -2.36. The van der Waals surface area contributed by atoms with Gasteiger partial charge in [0.1, 0.15) is 5.75 Å². The number of nitrogens with one attached hydrogen (secondary N) is 1. The normalized spacial score (nSPS) is 22.8. The minimum Gasteiger partial charge on any atom is -0.492 e. The van der Waals surface area contributed by atoms with Gasteiger partial charge in [0.2, 0.25) is 0 Å². The van der Waals surface area contributed by atoms with Gasteiger partial charge >= 0.3 is 0 Å². The minimum absolute atomic E-state index is 0.660. The van der Waals surface area contributed by atoms with Crippen LogP contribution in [0, 0.1) is 5.92 Å². The SMILES string of the molecule is CCOc1c(Br)cc(CNC2CCCCC2C)cc1Br. The monoisotopic (exact) mass is 403 g/mol. The summed E-state index contributed by atoms with van der Waals surface area (Å²) >= 11 is 7.19. The Bertz CT molecular complexity index is 427. The van der Waals surface area contributed by atoms with Crippen LogP contribution in [0.5, 0.6) is 5.75 Å². The zero-order valence-electron chi connectivity index (χ0n) is 12.2. The van der Waals surface area contributed by atoms with Crippen LogP contribution in [0.3, 0.4) is 0 Å². The number of rotatable bonds is 5. The van der Waals surface area contributed by atoms with Crippen LogP contribution in [0.2, 0.25) is 0 Å². The Morgan fingerprint density at radius 2 is 1.85 bits per heavy atom. The van der Waals surface area contributed by atoms with Crippen molar-refractivity contribution in [2.75, 3.05) is 6.61 Å². The van der Waals surface area contributed by atoms with Crippen molar-refractivity contribution in [2.45, 2.75) is 52.1 Å². The molecule has 1 N–H and O–H groups in total. The number of halogens is 2. The van der Waals surface area contributed by atoms with E-state index in [2.05, 4.69) is 56.2 Å². The molecule has 0 amide bonds. The van der Waals surface area contributed by atoms with E-state index in [1.54, 1.807) is 0 Å². The Labute approximate surface area is 138 Å². The first-order valence-corrected chi connectivity index (χ1v) is 9.04. The van der Waals surface area contributed by atoms with Gasteiger partial charge in [0.05, 0.1) is 15.6 Å². The van der Waals surface area contributed by atoms with Gasteiger partial charge in [-0.2, -0.15) is 0 Å². The Kier molecular flexibility index (Phi) is 6.37. The predicted molar refractivity (Wildman–Crippen MR) is 91.3 cm³/mol. The van der Waals surface area contributed by atoms with Crippen molar-refractivity contribution in [2.24, 2.45) is 5.92 Å². The van der Waals surface area contributed by atoms with Gasteiger partial charge in [0.15, 0.2) is 0 Å². The minimum atomic E-state index is 0.660. The highest BCUT2D eigenvalue weighted by atomic mass is 79.9. The molecule has 4 heteroatoms. The van der Waals surface area contributed by atoms with E-state index in [0.717, 1.165) is 27.2 Å². The second-order valence-corrected chi connectivity index (χ2v) is 7.28. The molecule has 0 aromatic heterocycles. The molecule has 1 fully saturated rings. The summed E-state index contributed by atoms with van der Waals surface area (Å²) in [4.78, 5) is 0. The van der Waals surface area contributed by atoms with Crippen LogP contribution in [0.1, 0.15) is 45.1 Å². The van der Waals surface area contributed by atoms with E-state index in [0.29, 0.717) is 12.6 Å². The Morgan fingerprint density at radius 3 is 2.45 bits per heavy atom. The van der Waals surface area contributed by atoms with E-state index >= 15 is 0 Å². The van der Waals surface area contributed by atoms with Crippen LogP contribution in [0.15, 0.2) is 21.1 Å². The number of benzene rings is 1. The zero-order chi connectivity index (χ0) is 14.5. The Morgan fingerprint density at radius 1 is 1.20 bits per heavy atom. The van der Waals surface area contributed by atoms with Gasteiger partial charge in [0.25, 0.3) is 0 Å². The van der Waals surface area contributed by atoms with Gasteiger partial charge in [-0.15, -0.1) is 0 Å². The summed E-state index contributed by atoms with van der Waals surface area (Å²) in [5.41, 5.74) is 1.28. The predicted octanol–water partition coefficient (Wildman–Crippen LogP) is 5.28. The first kappa shape index (κ1) is 16.3. The molecule has 1 aliphatic rings. The number of hydrogen-bond donors (Lipinski definition) is 1. The Hall–Kier alpha value is -0.0600. The van der Waals surface area contributed by atoms with Gasteiger partial charge in [-0.25, -0.2) is 0 Å². The molecular formula is C16H23Br2NO. The van der Waals surface area contributed by atoms with Gasteiger partial charge < -0.3 is 10.1 Å². The second kappa shape index (κ2) is 7.81. The molecule has 1 aliphatic carbocycles. The maximum atomic E-state index is 5.62. The van der Waals surface area contributed by atoms with E-state index in [-0.39, 0.29) is 0 Å². The van der Waals surface area contributed by atoms with Gasteiger partial charge in [-0.3, -0.25) is 0 Å². The summed E-state index contributed by atoms with van der Waals surface area (Å²) in [5, 5.41) is 3.71. The first-order valence-electron chi connectivity index (χ1n) is 7.46. The van der Waals surface area contributed by atoms with Crippen molar-refractivity contribution < 1.29 is 4.74 Å². The summed E-state index contributed by atoms with van der Waals surface area (Å²) in [6, 6.07) is 4.96. The lowest BCUT2D eigenvalue weighted by molar-refractivity contribution is 0.279. The molecule has 0 radical (unpaired) electrons. The highest BCUT2D eigenvalue weighted by Gasteiger charge is 2.20. The van der Waals surface area contributed by atoms with Crippen molar-refractivity contribution in [3.63, 3.8) is 0 Å². The Balaban J connectivity index is 1.99. The van der Waals surface area contributed by atoms with Crippen LogP contribution < -0.4 is 10.1 Å². The fraction of sp³-hybridized carbons (Fsp3) is 0.625. The fourth-order valence-electron chi connectivity index (χ4n) is 2.87. The van der Waals surface area contributed by atoms with Crippen molar-refractivity contribution >= 4 is 31.9 Å². The molecule has 0 heterocycles. The average Bonchev–Trinajstić information content (AvgIpc) is 2.42. The molecule has 112 valence electrons. The summed E-state index contributed by atoms with van der Waals surface area (Å²) < 4.78 is 7.65. The molecule has 1 aromatic rings. The van der Waals surface area contributed by atoms with Crippen LogP contribution >= 0.6 is 31.9 Å². The first-order chi connectivity index (χ1) is 9.61. The molecule has 20 heavy (non-hydrogen) atoms. The van der Waals surface area contributed by atoms with Crippen LogP contribution in [0.4, 0.5) is 0 Å². The third kappa shape index (κ3) is 4.22. The van der Waals surface area contributed by atoms with E-state index in [4.69, 9.17) is 4.74 Å². The third-order valence-corrected chi connectivity index (χ3v) is 5.20. The molecule has 1 saturated carbocycles. The molecule has 0 saturated heterocycles. The molecule has 2 rings (SSSR count). The highest BCUT2D eigenvalue weighted by molar-refractivity contribution is 9.11. The van der Waals surface area contributed by atoms with E-state index in [9.17, 15) is 0 Å². The fourth-order valence-corrected chi connectivity index (χ4v) is 4.38. The molecule has 0 bridgehead atoms. The van der Waals surface area contributed by atoms with Gasteiger partial charge in [0, 0.05) is 12.6 Å². The lowest BCUT2D eigenvalue weighted by Gasteiger charge is -2.29. The molecule has 2 nitrogen and oxygen atoms in total. The van der Waals surface area contributed by atoms with Gasteiger partial charge in [-0.1, -0.05) is 19.8 Å². The van der Waals surface area contributed by atoms with E-state index < -0.39 is 0 Å². The maximum absolute atomic E-state index is 5.62. The largest absolute Gasteiger partial charge is 0.492 e. The van der Waals surface area contributed by atoms with Crippen LogP contribution in [-0.2, 0) is 6.54 Å². The van der Waals surface area contributed by atoms with Crippen LogP contribution in [0.25, 0.3) is 0 Å². The topological polar surface area (TPSA) is 21.3 Å². The van der Waals surface area contributed by atoms with Crippen molar-refractivity contribution in [3.05, 3.63) is 26.6 Å². The zero-order valence-corrected chi connectivity index (χ0v) is 15.4. The van der Waals surface area contributed by atoms with Crippen molar-refractivity contribution in [1.29, 1.82) is 0 Å². The summed E-state index contributed by atoms with van der Waals surface area (Å²) in [6.07, 6.45) is 5.41. The van der Waals surface area contributed by atoms with Crippen molar-refractivity contribution in [3.8, 4) is 5.75 Å². The number of ether oxygens (including phenoxy) is 1. The number of hydrogen-bond acceptors (Lipinski definition) is 2. The van der Waals surface area contributed by atoms with Gasteiger partial charge in [-0.05, 0) is 75.2 Å². The molecule has 0 aliphatic heterocycles. The molecule has 2 unspecified atom stereocenters. The smallest absolute Gasteiger partial charge is 0.147 e. The molecule has 1 aromatic carbocycles. The quantitative estimate of drug-likeness (QED) is 0.720. The average molecular weight is 405 g/mol. The van der Waals surface area contributed by atoms with E-state index in [1.807, 2.05) is 6.92 Å². The van der Waals surface area contributed by atoms with Crippen molar-refractivity contribution in [1.82, 2.24) is 5.32 Å². The maximum Gasteiger partial charge on any atom is 0.147 e. The lowest BCUT2D eigenvalue weighted by atomic mass is 9.86. The highest BCUT2D eigenvalue weighted by Crippen LogP contribution is 2.35. The summed E-state index contributed by atoms with van der Waals surface area (Å²) in [7, 11) is 0. The second-order valence-electron chi connectivity index (χ2n) is 5.57. The summed E-state index contributed by atoms with van der Waals surface area (Å²) in [6.45, 7) is 5.95. The third-order valence-electron chi connectivity index (χ3n) is 4.03. The summed E-state index contributed by atoms with van der Waals surface area (Å²) in [5.74, 6) is 1.68. The standard InChI is InChI=1S/C16H23Br2NO/c1-3-20-16-13(17)8-12(9-14(16)18)10-19-15-7-5-4-6-11(15)2/h8-9,11,15,19H,3-7,10H2,1-2H3. The van der Waals surface area contributed by atoms with E-state index in [1.165, 1.54) is 31.2 Å². The molecular weight excluding hydrogens is 382 g/mol. The van der Waals surface area contributed by atoms with Crippen LogP contribution in [-0.4, -0.2) is 12.6 Å².